The van der Waals surface area contributed by atoms with Gasteiger partial charge in [-0.3, -0.25) is 0 Å². The van der Waals surface area contributed by atoms with E-state index in [1.165, 1.54) is 0 Å². The zero-order chi connectivity index (χ0) is 12.9. The summed E-state index contributed by atoms with van der Waals surface area (Å²) in [6.07, 6.45) is 2.50. The topological polar surface area (TPSA) is 182 Å². The first kappa shape index (κ1) is 29.3. The largest absolute Gasteiger partial charge is 0.478 e. The minimum absolute atomic E-state index is 0. The van der Waals surface area contributed by atoms with Crippen molar-refractivity contribution in [1.82, 2.24) is 12.3 Å². The van der Waals surface area contributed by atoms with Crippen LogP contribution in [-0.4, -0.2) is 33.2 Å². The number of carboxylic acid groups (broad SMARTS) is 3. The van der Waals surface area contributed by atoms with Gasteiger partial charge in [-0.05, 0) is 0 Å². The van der Waals surface area contributed by atoms with Gasteiger partial charge >= 0.3 is 17.9 Å². The average molecular weight is 250 g/mol. The predicted octanol–water partition coefficient (Wildman–Crippen LogP) is 1.09. The minimum Gasteiger partial charge on any atom is -0.478 e. The van der Waals surface area contributed by atoms with Crippen LogP contribution in [0.1, 0.15) is 0 Å². The zero-order valence-electron chi connectivity index (χ0n) is 9.33. The van der Waals surface area contributed by atoms with Crippen LogP contribution in [0, 0.1) is 0 Å². The molecule has 0 fully saturated rings. The molecule has 0 aliphatic carbocycles. The van der Waals surface area contributed by atoms with Crippen LogP contribution < -0.4 is 12.3 Å². The Morgan fingerprint density at radius 2 is 0.706 bits per heavy atom. The van der Waals surface area contributed by atoms with Gasteiger partial charge in [-0.25, -0.2) is 14.4 Å². The first-order valence-corrected chi connectivity index (χ1v) is 3.37. The molecule has 100 valence electrons. The molecule has 0 aromatic heterocycles. The maximum Gasteiger partial charge on any atom is 0.327 e. The Balaban J connectivity index is -0.0000000400. The molecule has 0 unspecified atom stereocenters. The molecule has 0 aromatic carbocycles. The first-order valence-electron chi connectivity index (χ1n) is 3.37. The van der Waals surface area contributed by atoms with E-state index in [1.54, 1.807) is 0 Å². The second-order valence-electron chi connectivity index (χ2n) is 1.63. The van der Waals surface area contributed by atoms with Gasteiger partial charge in [0.25, 0.3) is 0 Å². The first-order chi connectivity index (χ1) is 6.81. The van der Waals surface area contributed by atoms with Gasteiger partial charge in [-0.15, -0.1) is 0 Å². The van der Waals surface area contributed by atoms with Crippen LogP contribution in [0.3, 0.4) is 0 Å². The van der Waals surface area contributed by atoms with Crippen molar-refractivity contribution in [1.29, 1.82) is 0 Å². The number of carbonyl (C=O) groups is 3. The van der Waals surface area contributed by atoms with Crippen LogP contribution in [0.25, 0.3) is 0 Å². The maximum absolute atomic E-state index is 9.25. The second-order valence-corrected chi connectivity index (χ2v) is 1.63. The molecule has 0 amide bonds. The van der Waals surface area contributed by atoms with E-state index < -0.39 is 17.9 Å². The zero-order valence-corrected chi connectivity index (χ0v) is 9.33. The molecule has 0 aromatic rings. The quantitative estimate of drug-likeness (QED) is 0.461. The van der Waals surface area contributed by atoms with Gasteiger partial charge in [0.15, 0.2) is 0 Å². The van der Waals surface area contributed by atoms with Gasteiger partial charge < -0.3 is 27.6 Å². The van der Waals surface area contributed by atoms with Gasteiger partial charge in [0.1, 0.15) is 0 Å². The van der Waals surface area contributed by atoms with E-state index in [0.29, 0.717) is 0 Å². The summed E-state index contributed by atoms with van der Waals surface area (Å²) in [6.45, 7) is 8.88. The molecule has 0 rings (SSSR count). The van der Waals surface area contributed by atoms with Crippen molar-refractivity contribution < 1.29 is 29.7 Å². The Bertz CT molecular complexity index is 219. The van der Waals surface area contributed by atoms with Gasteiger partial charge in [0.2, 0.25) is 0 Å². The van der Waals surface area contributed by atoms with E-state index in [2.05, 4.69) is 19.7 Å². The number of rotatable bonds is 3. The van der Waals surface area contributed by atoms with Crippen LogP contribution in [0.15, 0.2) is 38.0 Å². The summed E-state index contributed by atoms with van der Waals surface area (Å²) in [5, 5.41) is 22.8. The van der Waals surface area contributed by atoms with Crippen LogP contribution in [0.5, 0.6) is 0 Å². The summed E-state index contributed by atoms with van der Waals surface area (Å²) in [6, 6.07) is 0. The summed E-state index contributed by atoms with van der Waals surface area (Å²) >= 11 is 0. The third-order valence-electron chi connectivity index (χ3n) is 0.524. The number of hydrogen-bond acceptors (Lipinski definition) is 5. The molecule has 0 saturated carbocycles. The summed E-state index contributed by atoms with van der Waals surface area (Å²) in [4.78, 5) is 27.8. The average Bonchev–Trinajstić information content (AvgIpc) is 2.19. The number of aliphatic carboxylic acids is 3. The second kappa shape index (κ2) is 23.4. The van der Waals surface area contributed by atoms with E-state index in [9.17, 15) is 14.4 Å². The van der Waals surface area contributed by atoms with Crippen LogP contribution in [-0.2, 0) is 14.4 Å². The highest BCUT2D eigenvalue weighted by Crippen LogP contribution is 1.55. The third-order valence-corrected chi connectivity index (χ3v) is 0.524. The SMILES string of the molecule is C=CC(=O)O.C=CC(=O)O.C=CC(=O)O.N.N. The number of carboxylic acids is 3. The summed E-state index contributed by atoms with van der Waals surface area (Å²) in [7, 11) is 0. The van der Waals surface area contributed by atoms with Gasteiger partial charge in [-0.1, -0.05) is 19.7 Å². The molecule has 0 aliphatic heterocycles. The lowest BCUT2D eigenvalue weighted by Crippen LogP contribution is -1.82. The van der Waals surface area contributed by atoms with Gasteiger partial charge in [0, 0.05) is 18.2 Å². The van der Waals surface area contributed by atoms with E-state index in [0.717, 1.165) is 18.2 Å². The Labute approximate surface area is 98.7 Å². The Morgan fingerprint density at radius 1 is 0.647 bits per heavy atom. The van der Waals surface area contributed by atoms with Gasteiger partial charge in [-0.2, -0.15) is 0 Å². The van der Waals surface area contributed by atoms with Crippen molar-refractivity contribution in [3.05, 3.63) is 38.0 Å². The third kappa shape index (κ3) is 143. The molecule has 17 heavy (non-hydrogen) atoms. The summed E-state index contributed by atoms with van der Waals surface area (Å²) in [5.41, 5.74) is 0. The molecule has 0 atom stereocenters. The van der Waals surface area contributed by atoms with Crippen molar-refractivity contribution in [2.24, 2.45) is 0 Å². The molecule has 8 heteroatoms. The molecule has 0 spiro atoms. The Hall–Kier alpha value is -2.45. The van der Waals surface area contributed by atoms with Crippen molar-refractivity contribution >= 4 is 17.9 Å². The van der Waals surface area contributed by atoms with E-state index in [-0.39, 0.29) is 12.3 Å². The summed E-state index contributed by atoms with van der Waals surface area (Å²) in [5.74, 6) is -2.94. The lowest BCUT2D eigenvalue weighted by atomic mass is 10.7. The molecule has 0 radical (unpaired) electrons. The number of hydrogen-bond donors (Lipinski definition) is 5. The normalized spacial score (nSPS) is 5.65. The maximum atomic E-state index is 9.25. The van der Waals surface area contributed by atoms with Crippen LogP contribution in [0.2, 0.25) is 0 Å². The molecule has 0 saturated heterocycles. The molecule has 9 N–H and O–H groups in total. The highest BCUT2D eigenvalue weighted by atomic mass is 16.4. The minimum atomic E-state index is -0.981. The fraction of sp³-hybridized carbons (Fsp3) is 0. The molecule has 0 bridgehead atoms. The highest BCUT2D eigenvalue weighted by molar-refractivity contribution is 5.79. The molecular weight excluding hydrogens is 232 g/mol. The van der Waals surface area contributed by atoms with E-state index in [4.69, 9.17) is 15.3 Å². The monoisotopic (exact) mass is 250 g/mol. The van der Waals surface area contributed by atoms with Gasteiger partial charge in [0.05, 0.1) is 0 Å². The Morgan fingerprint density at radius 3 is 0.706 bits per heavy atom. The fourth-order valence-electron chi connectivity index (χ4n) is 0. The van der Waals surface area contributed by atoms with Crippen molar-refractivity contribution in [3.8, 4) is 0 Å². The highest BCUT2D eigenvalue weighted by Gasteiger charge is 1.74. The molecule has 8 nitrogen and oxygen atoms in total. The predicted molar refractivity (Wildman–Crippen MR) is 63.5 cm³/mol. The lowest BCUT2D eigenvalue weighted by Gasteiger charge is -1.64. The fourth-order valence-corrected chi connectivity index (χ4v) is 0. The standard InChI is InChI=1S/3C3H4O2.2H3N/c3*1-2-3(4)5;;/h3*2H,1H2,(H,4,5);2*1H3. The van der Waals surface area contributed by atoms with Crippen molar-refractivity contribution in [2.45, 2.75) is 0 Å². The van der Waals surface area contributed by atoms with Crippen molar-refractivity contribution in [3.63, 3.8) is 0 Å². The van der Waals surface area contributed by atoms with E-state index in [1.807, 2.05) is 0 Å². The smallest absolute Gasteiger partial charge is 0.327 e. The van der Waals surface area contributed by atoms with Crippen molar-refractivity contribution in [2.75, 3.05) is 0 Å². The molecular formula is C9H18N2O6. The van der Waals surface area contributed by atoms with Crippen LogP contribution in [0.4, 0.5) is 0 Å². The molecule has 0 heterocycles. The lowest BCUT2D eigenvalue weighted by molar-refractivity contribution is -0.132. The van der Waals surface area contributed by atoms with Crippen LogP contribution >= 0.6 is 0 Å². The Kier molecular flexibility index (Phi) is 40.3. The summed E-state index contributed by atoms with van der Waals surface area (Å²) < 4.78 is 0. The van der Waals surface area contributed by atoms with E-state index >= 15 is 0 Å². The molecule has 0 aliphatic rings.